The van der Waals surface area contributed by atoms with Gasteiger partial charge in [0.1, 0.15) is 0 Å². The number of hydrogen-bond acceptors (Lipinski definition) is 5. The first kappa shape index (κ1) is 18.2. The summed E-state index contributed by atoms with van der Waals surface area (Å²) in [4.78, 5) is 21.5. The Morgan fingerprint density at radius 1 is 0.966 bits per heavy atom. The molecule has 0 N–H and O–H groups in total. The van der Waals surface area contributed by atoms with E-state index < -0.39 is 0 Å². The molecule has 1 aliphatic carbocycles. The fraction of sp³-hybridized carbons (Fsp3) is 0.318. The van der Waals surface area contributed by atoms with Crippen molar-refractivity contribution in [3.8, 4) is 11.4 Å². The predicted octanol–water partition coefficient (Wildman–Crippen LogP) is 4.23. The van der Waals surface area contributed by atoms with E-state index in [1.165, 1.54) is 0 Å². The van der Waals surface area contributed by atoms with Gasteiger partial charge >= 0.3 is 0 Å². The highest BCUT2D eigenvalue weighted by molar-refractivity contribution is 6.30. The number of carbonyl (C=O) groups excluding carboxylic acids is 1. The Hall–Kier alpha value is -2.86. The Morgan fingerprint density at radius 2 is 1.66 bits per heavy atom. The minimum absolute atomic E-state index is 0.0547. The number of anilines is 1. The fourth-order valence-corrected chi connectivity index (χ4v) is 3.74. The molecule has 7 heteroatoms. The van der Waals surface area contributed by atoms with Gasteiger partial charge in [0.15, 0.2) is 0 Å². The summed E-state index contributed by atoms with van der Waals surface area (Å²) in [5.74, 6) is 1.80. The molecule has 0 unspecified atom stereocenters. The smallest absolute Gasteiger partial charge is 0.253 e. The molecule has 29 heavy (non-hydrogen) atoms. The van der Waals surface area contributed by atoms with Crippen LogP contribution in [0, 0.1) is 0 Å². The first-order chi connectivity index (χ1) is 14.2. The van der Waals surface area contributed by atoms with E-state index in [2.05, 4.69) is 15.0 Å². The summed E-state index contributed by atoms with van der Waals surface area (Å²) >= 11 is 5.97. The maximum atomic E-state index is 12.9. The molecule has 3 aromatic rings. The molecular weight excluding hydrogens is 388 g/mol. The third kappa shape index (κ3) is 3.85. The maximum Gasteiger partial charge on any atom is 0.253 e. The number of benzene rings is 2. The van der Waals surface area contributed by atoms with Crippen LogP contribution in [-0.4, -0.2) is 47.1 Å². The van der Waals surface area contributed by atoms with E-state index in [1.807, 2.05) is 53.4 Å². The van der Waals surface area contributed by atoms with E-state index in [4.69, 9.17) is 16.1 Å². The molecular formula is C22H21ClN4O2. The number of halogens is 1. The van der Waals surface area contributed by atoms with Gasteiger partial charge in [0, 0.05) is 53.9 Å². The van der Waals surface area contributed by atoms with Gasteiger partial charge in [-0.05, 0) is 49.2 Å². The van der Waals surface area contributed by atoms with Crippen LogP contribution in [0.1, 0.15) is 35.0 Å². The summed E-state index contributed by atoms with van der Waals surface area (Å²) in [7, 11) is 0. The number of rotatable bonds is 4. The number of nitrogens with zero attached hydrogens (tertiary/aromatic N) is 4. The van der Waals surface area contributed by atoms with Gasteiger partial charge in [-0.3, -0.25) is 4.79 Å². The number of amides is 1. The first-order valence-corrected chi connectivity index (χ1v) is 10.3. The van der Waals surface area contributed by atoms with Gasteiger partial charge in [-0.25, -0.2) is 0 Å². The molecule has 2 aromatic carbocycles. The molecule has 1 aromatic heterocycles. The molecule has 2 fully saturated rings. The molecule has 148 valence electrons. The highest BCUT2D eigenvalue weighted by Gasteiger charge is 2.30. The average Bonchev–Trinajstić information content (AvgIpc) is 3.51. The lowest BCUT2D eigenvalue weighted by molar-refractivity contribution is 0.0747. The van der Waals surface area contributed by atoms with Crippen molar-refractivity contribution in [2.75, 3.05) is 31.1 Å². The molecule has 1 aliphatic heterocycles. The molecule has 0 bridgehead atoms. The molecule has 1 saturated carbocycles. The lowest BCUT2D eigenvalue weighted by Gasteiger charge is -2.36. The molecule has 2 heterocycles. The first-order valence-electron chi connectivity index (χ1n) is 9.91. The normalized spacial score (nSPS) is 16.9. The Morgan fingerprint density at radius 3 is 2.31 bits per heavy atom. The summed E-state index contributed by atoms with van der Waals surface area (Å²) in [6.07, 6.45) is 2.25. The quantitative estimate of drug-likeness (QED) is 0.646. The SMILES string of the molecule is O=C(c1ccc(-c2noc(C3CC3)n2)cc1)N1CCN(c2ccc(Cl)cc2)CC1. The van der Waals surface area contributed by atoms with E-state index in [1.54, 1.807) is 0 Å². The second-order valence-corrected chi connectivity index (χ2v) is 8.00. The van der Waals surface area contributed by atoms with Gasteiger partial charge in [-0.2, -0.15) is 4.98 Å². The zero-order valence-corrected chi connectivity index (χ0v) is 16.7. The summed E-state index contributed by atoms with van der Waals surface area (Å²) < 4.78 is 5.32. The van der Waals surface area contributed by atoms with E-state index in [0.29, 0.717) is 30.4 Å². The van der Waals surface area contributed by atoms with Crippen molar-refractivity contribution in [1.29, 1.82) is 0 Å². The van der Waals surface area contributed by atoms with Gasteiger partial charge in [0.05, 0.1) is 0 Å². The van der Waals surface area contributed by atoms with Crippen molar-refractivity contribution in [3.05, 3.63) is 65.0 Å². The Bertz CT molecular complexity index is 1000. The van der Waals surface area contributed by atoms with Crippen LogP contribution >= 0.6 is 11.6 Å². The number of hydrogen-bond donors (Lipinski definition) is 0. The standard InChI is InChI=1S/C22H21ClN4O2/c23-18-7-9-19(10-8-18)26-11-13-27(14-12-26)22(28)17-5-1-15(2-6-17)20-24-21(29-25-20)16-3-4-16/h1-2,5-10,16H,3-4,11-14H2. The molecule has 1 saturated heterocycles. The van der Waals surface area contributed by atoms with E-state index in [9.17, 15) is 4.79 Å². The maximum absolute atomic E-state index is 12.9. The van der Waals surface area contributed by atoms with Crippen molar-refractivity contribution in [2.24, 2.45) is 0 Å². The molecule has 0 atom stereocenters. The van der Waals surface area contributed by atoms with Crippen LogP contribution in [0.2, 0.25) is 5.02 Å². The summed E-state index contributed by atoms with van der Waals surface area (Å²) in [6.45, 7) is 2.99. The van der Waals surface area contributed by atoms with Crippen molar-refractivity contribution in [3.63, 3.8) is 0 Å². The van der Waals surface area contributed by atoms with Gasteiger partial charge in [0.25, 0.3) is 5.91 Å². The van der Waals surface area contributed by atoms with Crippen LogP contribution in [0.4, 0.5) is 5.69 Å². The van der Waals surface area contributed by atoms with Crippen molar-refractivity contribution in [1.82, 2.24) is 15.0 Å². The van der Waals surface area contributed by atoms with Gasteiger partial charge in [0.2, 0.25) is 11.7 Å². The second-order valence-electron chi connectivity index (χ2n) is 7.56. The molecule has 1 amide bonds. The number of aromatic nitrogens is 2. The van der Waals surface area contributed by atoms with E-state index in [-0.39, 0.29) is 5.91 Å². The lowest BCUT2D eigenvalue weighted by Crippen LogP contribution is -2.48. The predicted molar refractivity (Wildman–Crippen MR) is 111 cm³/mol. The third-order valence-corrected chi connectivity index (χ3v) is 5.77. The topological polar surface area (TPSA) is 62.5 Å². The van der Waals surface area contributed by atoms with Crippen LogP contribution in [-0.2, 0) is 0 Å². The minimum atomic E-state index is 0.0547. The zero-order valence-electron chi connectivity index (χ0n) is 15.9. The summed E-state index contributed by atoms with van der Waals surface area (Å²) in [5, 5.41) is 4.79. The zero-order chi connectivity index (χ0) is 19.8. The van der Waals surface area contributed by atoms with Crippen LogP contribution in [0.3, 0.4) is 0 Å². The Kier molecular flexibility index (Phi) is 4.72. The van der Waals surface area contributed by atoms with Crippen LogP contribution < -0.4 is 4.90 Å². The highest BCUT2D eigenvalue weighted by Crippen LogP contribution is 2.39. The van der Waals surface area contributed by atoms with Crippen molar-refractivity contribution < 1.29 is 9.32 Å². The van der Waals surface area contributed by atoms with Gasteiger partial charge in [-0.15, -0.1) is 0 Å². The van der Waals surface area contributed by atoms with Crippen LogP contribution in [0.25, 0.3) is 11.4 Å². The van der Waals surface area contributed by atoms with Gasteiger partial charge < -0.3 is 14.3 Å². The molecule has 0 radical (unpaired) electrons. The lowest BCUT2D eigenvalue weighted by atomic mass is 10.1. The minimum Gasteiger partial charge on any atom is -0.368 e. The third-order valence-electron chi connectivity index (χ3n) is 5.52. The van der Waals surface area contributed by atoms with E-state index >= 15 is 0 Å². The van der Waals surface area contributed by atoms with Gasteiger partial charge in [-0.1, -0.05) is 28.9 Å². The molecule has 0 spiro atoms. The average molecular weight is 409 g/mol. The monoisotopic (exact) mass is 408 g/mol. The van der Waals surface area contributed by atoms with Crippen molar-refractivity contribution >= 4 is 23.2 Å². The van der Waals surface area contributed by atoms with E-state index in [0.717, 1.165) is 48.1 Å². The summed E-state index contributed by atoms with van der Waals surface area (Å²) in [6, 6.07) is 15.3. The van der Waals surface area contributed by atoms with Crippen molar-refractivity contribution in [2.45, 2.75) is 18.8 Å². The Balaban J connectivity index is 1.22. The fourth-order valence-electron chi connectivity index (χ4n) is 3.61. The highest BCUT2D eigenvalue weighted by atomic mass is 35.5. The second kappa shape index (κ2) is 7.52. The number of carbonyl (C=O) groups is 1. The number of piperazine rings is 1. The molecule has 2 aliphatic rings. The molecule has 5 rings (SSSR count). The Labute approximate surface area is 174 Å². The largest absolute Gasteiger partial charge is 0.368 e. The summed E-state index contributed by atoms with van der Waals surface area (Å²) in [5.41, 5.74) is 2.68. The van der Waals surface area contributed by atoms with Crippen LogP contribution in [0.15, 0.2) is 53.1 Å². The van der Waals surface area contributed by atoms with Crippen LogP contribution in [0.5, 0.6) is 0 Å². The molecule has 6 nitrogen and oxygen atoms in total.